The van der Waals surface area contributed by atoms with Crippen molar-refractivity contribution < 1.29 is 13.2 Å². The lowest BCUT2D eigenvalue weighted by atomic mass is 10.2. The Balaban J connectivity index is 2.07. The van der Waals surface area contributed by atoms with Crippen LogP contribution in [0.5, 0.6) is 0 Å². The Morgan fingerprint density at radius 2 is 1.42 bits per heavy atom. The van der Waals surface area contributed by atoms with Gasteiger partial charge in [0, 0.05) is 32.6 Å². The molecule has 0 bridgehead atoms. The van der Waals surface area contributed by atoms with Gasteiger partial charge < -0.3 is 0 Å². The highest BCUT2D eigenvalue weighted by molar-refractivity contribution is 14.1. The van der Waals surface area contributed by atoms with Gasteiger partial charge in [-0.1, -0.05) is 0 Å². The fourth-order valence-electron chi connectivity index (χ4n) is 2.98. The van der Waals surface area contributed by atoms with Gasteiger partial charge >= 0.3 is 6.18 Å². The van der Waals surface area contributed by atoms with Gasteiger partial charge in [0.2, 0.25) is 0 Å². The maximum Gasteiger partial charge on any atom is 0.416 e. The van der Waals surface area contributed by atoms with E-state index in [-0.39, 0.29) is 10.5 Å². The van der Waals surface area contributed by atoms with Gasteiger partial charge in [-0.25, -0.2) is 0 Å². The van der Waals surface area contributed by atoms with Gasteiger partial charge in [0.15, 0.2) is 14.3 Å². The van der Waals surface area contributed by atoms with Crippen LogP contribution in [0.4, 0.5) is 13.2 Å². The third-order valence-electron chi connectivity index (χ3n) is 4.12. The zero-order chi connectivity index (χ0) is 18.6. The third kappa shape index (κ3) is 3.26. The molecule has 3 aromatic carbocycles. The molecule has 0 N–H and O–H groups in total. The van der Waals surface area contributed by atoms with Crippen LogP contribution in [0.3, 0.4) is 0 Å². The Morgan fingerprint density at radius 1 is 0.769 bits per heavy atom. The summed E-state index contributed by atoms with van der Waals surface area (Å²) >= 11 is 7.00. The maximum atomic E-state index is 12.9. The van der Waals surface area contributed by atoms with Crippen LogP contribution in [0, 0.1) is 10.7 Å². The summed E-state index contributed by atoms with van der Waals surface area (Å²) in [5.41, 5.74) is -0.607. The first kappa shape index (κ1) is 19.2. The second-order valence-electron chi connectivity index (χ2n) is 5.70. The van der Waals surface area contributed by atoms with Crippen molar-refractivity contribution in [1.82, 2.24) is 0 Å². The third-order valence-corrected chi connectivity index (χ3v) is 10.2. The van der Waals surface area contributed by atoms with Gasteiger partial charge in [0.05, 0.1) is 10.9 Å². The minimum atomic E-state index is -4.31. The van der Waals surface area contributed by atoms with Crippen LogP contribution in [0.1, 0.15) is 5.56 Å². The Labute approximate surface area is 191 Å². The molecule has 0 spiro atoms. The molecule has 0 saturated carbocycles. The lowest BCUT2D eigenvalue weighted by Crippen LogP contribution is -2.03. The lowest BCUT2D eigenvalue weighted by molar-refractivity contribution is -0.137. The van der Waals surface area contributed by atoms with Crippen molar-refractivity contribution in [3.8, 4) is 4.90 Å². The van der Waals surface area contributed by atoms with Crippen LogP contribution in [0.25, 0.3) is 25.1 Å². The van der Waals surface area contributed by atoms with Gasteiger partial charge in [0.25, 0.3) is 0 Å². The molecule has 0 amide bonds. The van der Waals surface area contributed by atoms with Crippen LogP contribution in [-0.4, -0.2) is 0 Å². The predicted molar refractivity (Wildman–Crippen MR) is 128 cm³/mol. The molecule has 0 aliphatic rings. The highest BCUT2D eigenvalue weighted by Gasteiger charge is 2.32. The number of hydrogen-bond acceptors (Lipinski definition) is 0. The first-order valence-electron chi connectivity index (χ1n) is 7.47. The molecule has 1 heterocycles. The van der Waals surface area contributed by atoms with Gasteiger partial charge in [-0.2, -0.15) is 13.2 Å². The van der Waals surface area contributed by atoms with E-state index in [2.05, 4.69) is 98.1 Å². The van der Waals surface area contributed by atoms with Crippen molar-refractivity contribution in [2.45, 2.75) is 6.18 Å². The van der Waals surface area contributed by atoms with E-state index in [1.807, 2.05) is 0 Å². The quantitative estimate of drug-likeness (QED) is 0.138. The second-order valence-corrected chi connectivity index (χ2v) is 11.2. The van der Waals surface area contributed by atoms with E-state index in [0.29, 0.717) is 0 Å². The zero-order valence-corrected chi connectivity index (χ0v) is 20.2. The van der Waals surface area contributed by atoms with Crippen molar-refractivity contribution in [2.75, 3.05) is 0 Å². The molecule has 7 heteroatoms. The van der Waals surface area contributed by atoms with Crippen LogP contribution in [-0.2, 0) is 6.18 Å². The predicted octanol–water partition coefficient (Wildman–Crippen LogP) is 8.56. The normalized spacial score (nSPS) is 12.9. The number of thiophene rings is 1. The summed E-state index contributed by atoms with van der Waals surface area (Å²) in [6.45, 7) is 0. The number of fused-ring (bicyclic) bond motifs is 3. The van der Waals surface area contributed by atoms with Gasteiger partial charge in [0.1, 0.15) is 0 Å². The fraction of sp³-hybridized carbons (Fsp3) is 0.0526. The van der Waals surface area contributed by atoms with Gasteiger partial charge in [-0.3, -0.25) is 0 Å². The van der Waals surface area contributed by atoms with Gasteiger partial charge in [-0.05, 0) is 116 Å². The number of alkyl halides is 3. The highest BCUT2D eigenvalue weighted by atomic mass is 127. The minimum absolute atomic E-state index is 0.381. The van der Waals surface area contributed by atoms with E-state index < -0.39 is 11.7 Å². The Kier molecular flexibility index (Phi) is 5.19. The molecule has 132 valence electrons. The van der Waals surface area contributed by atoms with Crippen molar-refractivity contribution in [1.29, 1.82) is 0 Å². The fourth-order valence-corrected chi connectivity index (χ4v) is 7.22. The smallest absolute Gasteiger partial charge is 0.166 e. The molecule has 0 radical (unpaired) electrons. The van der Waals surface area contributed by atoms with E-state index in [1.165, 1.54) is 39.4 Å². The van der Waals surface area contributed by atoms with Gasteiger partial charge in [-0.15, -0.1) is 0 Å². The summed E-state index contributed by atoms with van der Waals surface area (Å²) in [5, 5.41) is 2.41. The monoisotopic (exact) mass is 707 g/mol. The van der Waals surface area contributed by atoms with Crippen LogP contribution in [0.15, 0.2) is 54.6 Å². The maximum absolute atomic E-state index is 12.9. The van der Waals surface area contributed by atoms with Crippen molar-refractivity contribution in [3.05, 3.63) is 70.9 Å². The lowest BCUT2D eigenvalue weighted by Gasteiger charge is -2.05. The Hall–Kier alpha value is -0.140. The first-order chi connectivity index (χ1) is 12.3. The summed E-state index contributed by atoms with van der Waals surface area (Å²) < 4.78 is 44.7. The highest BCUT2D eigenvalue weighted by Crippen LogP contribution is 2.50. The molecule has 26 heavy (non-hydrogen) atoms. The van der Waals surface area contributed by atoms with Crippen LogP contribution < -0.4 is 0 Å². The largest absolute Gasteiger partial charge is 0.416 e. The minimum Gasteiger partial charge on any atom is -0.166 e. The topological polar surface area (TPSA) is 0 Å². The van der Waals surface area contributed by atoms with Crippen LogP contribution in [0.2, 0.25) is 0 Å². The first-order valence-corrected chi connectivity index (χ1v) is 11.9. The Bertz CT molecular complexity index is 1150. The summed E-state index contributed by atoms with van der Waals surface area (Å²) in [7, 11) is -0.381. The second kappa shape index (κ2) is 7.03. The average molecular weight is 707 g/mol. The molecule has 0 aliphatic carbocycles. The van der Waals surface area contributed by atoms with E-state index >= 15 is 0 Å². The molecule has 1 aromatic heterocycles. The molecule has 0 fully saturated rings. The van der Waals surface area contributed by atoms with Crippen molar-refractivity contribution in [3.63, 3.8) is 0 Å². The van der Waals surface area contributed by atoms with Crippen LogP contribution >= 0.6 is 78.2 Å². The molecule has 4 rings (SSSR count). The molecule has 0 aliphatic heterocycles. The van der Waals surface area contributed by atoms with E-state index in [4.69, 9.17) is 0 Å². The summed E-state index contributed by atoms with van der Waals surface area (Å²) in [4.78, 5) is 0.913. The molecule has 0 nitrogen and oxygen atoms in total. The molecule has 1 unspecified atom stereocenters. The Morgan fingerprint density at radius 3 is 2.08 bits per heavy atom. The van der Waals surface area contributed by atoms with Crippen molar-refractivity contribution in [2.24, 2.45) is 0 Å². The summed E-state index contributed by atoms with van der Waals surface area (Å²) in [6, 6.07) is 16.2. The molecular formula is C19H9F3I3S+. The number of rotatable bonds is 1. The molecule has 1 atom stereocenters. The SMILES string of the molecule is FC(F)(F)c1ccc(-[s+]2c3ccc(I)cc3c3c(I)c(I)ccc32)cc1. The molecule has 4 aromatic rings. The summed E-state index contributed by atoms with van der Waals surface area (Å²) in [6.07, 6.45) is -4.31. The van der Waals surface area contributed by atoms with E-state index in [9.17, 15) is 13.2 Å². The van der Waals surface area contributed by atoms with E-state index in [1.54, 1.807) is 12.1 Å². The standard InChI is InChI=1S/C19H9F3I3S/c20-19(21,22)10-1-4-12(5-2-10)26-15-7-3-11(23)9-13(15)17-16(26)8-6-14(24)18(17)25/h1-9H/q+1. The zero-order valence-electron chi connectivity index (χ0n) is 12.9. The number of benzene rings is 3. The van der Waals surface area contributed by atoms with E-state index in [0.717, 1.165) is 8.47 Å². The number of hydrogen-bond donors (Lipinski definition) is 0. The average Bonchev–Trinajstić information content (AvgIpc) is 2.91. The van der Waals surface area contributed by atoms with Crippen molar-refractivity contribution >= 4 is 98.4 Å². The summed E-state index contributed by atoms with van der Waals surface area (Å²) in [5.74, 6) is 0. The molecule has 0 saturated heterocycles. The molecular weight excluding hydrogens is 698 g/mol. The number of halogens is 6.